The van der Waals surface area contributed by atoms with Crippen molar-refractivity contribution in [3.05, 3.63) is 58.9 Å². The summed E-state index contributed by atoms with van der Waals surface area (Å²) in [7, 11) is 0. The normalized spacial score (nSPS) is 14.8. The summed E-state index contributed by atoms with van der Waals surface area (Å²) in [5, 5.41) is 6.84. The average molecular weight is 375 g/mol. The van der Waals surface area contributed by atoms with Crippen LogP contribution in [0.1, 0.15) is 15.9 Å². The molecule has 2 aromatic rings. The van der Waals surface area contributed by atoms with Gasteiger partial charge in [0.15, 0.2) is 0 Å². The van der Waals surface area contributed by atoms with Gasteiger partial charge in [-0.1, -0.05) is 29.8 Å². The lowest BCUT2D eigenvalue weighted by Gasteiger charge is -2.26. The second-order valence-electron chi connectivity index (χ2n) is 6.12. The monoisotopic (exact) mass is 374 g/mol. The highest BCUT2D eigenvalue weighted by molar-refractivity contribution is 6.31. The Hall–Kier alpha value is -2.15. The number of morpholine rings is 1. The first-order chi connectivity index (χ1) is 12.7. The molecule has 1 aliphatic rings. The maximum Gasteiger partial charge on any atom is 0.253 e. The quantitative estimate of drug-likeness (QED) is 0.779. The van der Waals surface area contributed by atoms with Crippen molar-refractivity contribution in [1.29, 1.82) is 0 Å². The number of benzene rings is 1. The molecule has 0 bridgehead atoms. The smallest absolute Gasteiger partial charge is 0.253 e. The average Bonchev–Trinajstić information content (AvgIpc) is 2.68. The summed E-state index contributed by atoms with van der Waals surface area (Å²) in [6.45, 7) is 5.63. The van der Waals surface area contributed by atoms with Gasteiger partial charge in [-0.2, -0.15) is 0 Å². The largest absolute Gasteiger partial charge is 0.382 e. The number of rotatable bonds is 7. The first-order valence-corrected chi connectivity index (χ1v) is 9.11. The van der Waals surface area contributed by atoms with E-state index in [0.29, 0.717) is 17.1 Å². The fourth-order valence-corrected chi connectivity index (χ4v) is 2.97. The van der Waals surface area contributed by atoms with E-state index in [1.165, 1.54) is 0 Å². The fraction of sp³-hybridized carbons (Fsp3) is 0.368. The van der Waals surface area contributed by atoms with Gasteiger partial charge >= 0.3 is 0 Å². The fourth-order valence-electron chi connectivity index (χ4n) is 2.76. The van der Waals surface area contributed by atoms with E-state index in [2.05, 4.69) is 20.5 Å². The van der Waals surface area contributed by atoms with Gasteiger partial charge in [-0.25, -0.2) is 0 Å². The van der Waals surface area contributed by atoms with Crippen molar-refractivity contribution >= 4 is 23.2 Å². The van der Waals surface area contributed by atoms with Gasteiger partial charge in [0.1, 0.15) is 0 Å². The van der Waals surface area contributed by atoms with Crippen LogP contribution in [0.15, 0.2) is 42.7 Å². The van der Waals surface area contributed by atoms with Gasteiger partial charge < -0.3 is 15.4 Å². The van der Waals surface area contributed by atoms with Crippen LogP contribution in [0.2, 0.25) is 5.02 Å². The molecular weight excluding hydrogens is 352 g/mol. The summed E-state index contributed by atoms with van der Waals surface area (Å²) in [5.41, 5.74) is 2.24. The molecular formula is C19H23ClN4O2. The first-order valence-electron chi connectivity index (χ1n) is 8.73. The number of nitrogens with one attached hydrogen (secondary N) is 2. The van der Waals surface area contributed by atoms with Crippen molar-refractivity contribution < 1.29 is 9.53 Å². The second kappa shape index (κ2) is 9.52. The molecule has 1 saturated heterocycles. The minimum absolute atomic E-state index is 0.172. The molecule has 1 aromatic heterocycles. The van der Waals surface area contributed by atoms with Gasteiger partial charge in [0.2, 0.25) is 0 Å². The number of carbonyl (C=O) groups is 1. The molecule has 6 nitrogen and oxygen atoms in total. The Morgan fingerprint density at radius 1 is 1.23 bits per heavy atom. The van der Waals surface area contributed by atoms with Gasteiger partial charge in [-0.3, -0.25) is 14.7 Å². The Morgan fingerprint density at radius 3 is 2.85 bits per heavy atom. The highest BCUT2D eigenvalue weighted by Gasteiger charge is 2.10. The lowest BCUT2D eigenvalue weighted by Crippen LogP contribution is -2.39. The molecule has 0 atom stereocenters. The third kappa shape index (κ3) is 5.42. The van der Waals surface area contributed by atoms with Crippen molar-refractivity contribution in [3.63, 3.8) is 0 Å². The van der Waals surface area contributed by atoms with E-state index in [0.717, 1.165) is 50.6 Å². The van der Waals surface area contributed by atoms with Crippen molar-refractivity contribution in [2.24, 2.45) is 0 Å². The minimum atomic E-state index is -0.172. The molecule has 3 rings (SSSR count). The number of pyridine rings is 1. The number of carbonyl (C=O) groups excluding carboxylic acids is 1. The van der Waals surface area contributed by atoms with Crippen LogP contribution in [0.5, 0.6) is 0 Å². The summed E-state index contributed by atoms with van der Waals surface area (Å²) < 4.78 is 5.34. The van der Waals surface area contributed by atoms with Gasteiger partial charge in [-0.05, 0) is 17.7 Å². The molecule has 0 radical (unpaired) electrons. The molecule has 0 aliphatic carbocycles. The molecule has 0 spiro atoms. The SMILES string of the molecule is O=C(NCc1ccccc1Cl)c1cncc(NCCN2CCOCC2)c1. The molecule has 0 saturated carbocycles. The molecule has 138 valence electrons. The van der Waals surface area contributed by atoms with Crippen LogP contribution in [0, 0.1) is 0 Å². The van der Waals surface area contributed by atoms with Crippen LogP contribution in [-0.4, -0.2) is 55.2 Å². The molecule has 1 amide bonds. The number of hydrogen-bond acceptors (Lipinski definition) is 5. The molecule has 26 heavy (non-hydrogen) atoms. The van der Waals surface area contributed by atoms with Crippen LogP contribution in [0.3, 0.4) is 0 Å². The number of halogens is 1. The van der Waals surface area contributed by atoms with Gasteiger partial charge in [0.05, 0.1) is 24.5 Å². The number of amides is 1. The highest BCUT2D eigenvalue weighted by atomic mass is 35.5. The third-order valence-corrected chi connectivity index (χ3v) is 4.63. The number of nitrogens with zero attached hydrogens (tertiary/aromatic N) is 2. The molecule has 1 aromatic carbocycles. The van der Waals surface area contributed by atoms with E-state index in [4.69, 9.17) is 16.3 Å². The summed E-state index contributed by atoms with van der Waals surface area (Å²) in [5.74, 6) is -0.172. The van der Waals surface area contributed by atoms with Crippen LogP contribution < -0.4 is 10.6 Å². The van der Waals surface area contributed by atoms with Crippen molar-refractivity contribution in [3.8, 4) is 0 Å². The standard InChI is InChI=1S/C19H23ClN4O2/c20-18-4-2-1-3-15(18)13-23-19(25)16-11-17(14-21-12-16)22-5-6-24-7-9-26-10-8-24/h1-4,11-12,14,22H,5-10,13H2,(H,23,25). The van der Waals surface area contributed by atoms with Crippen LogP contribution in [0.4, 0.5) is 5.69 Å². The Kier molecular flexibility index (Phi) is 6.82. The minimum Gasteiger partial charge on any atom is -0.382 e. The molecule has 2 N–H and O–H groups in total. The van der Waals surface area contributed by atoms with Gasteiger partial charge in [0.25, 0.3) is 5.91 Å². The van der Waals surface area contributed by atoms with E-state index >= 15 is 0 Å². The number of aromatic nitrogens is 1. The summed E-state index contributed by atoms with van der Waals surface area (Å²) >= 11 is 6.11. The highest BCUT2D eigenvalue weighted by Crippen LogP contribution is 2.15. The number of anilines is 1. The predicted octanol–water partition coefficient (Wildman–Crippen LogP) is 2.41. The molecule has 1 fully saturated rings. The van der Waals surface area contributed by atoms with Crippen molar-refractivity contribution in [2.45, 2.75) is 6.54 Å². The zero-order valence-electron chi connectivity index (χ0n) is 14.6. The Bertz CT molecular complexity index is 735. The summed E-state index contributed by atoms with van der Waals surface area (Å²) in [4.78, 5) is 18.9. The Morgan fingerprint density at radius 2 is 2.04 bits per heavy atom. The third-order valence-electron chi connectivity index (χ3n) is 4.26. The second-order valence-corrected chi connectivity index (χ2v) is 6.52. The Balaban J connectivity index is 1.49. The van der Waals surface area contributed by atoms with E-state index in [1.54, 1.807) is 12.4 Å². The lowest BCUT2D eigenvalue weighted by atomic mass is 10.2. The molecule has 0 unspecified atom stereocenters. The molecule has 2 heterocycles. The summed E-state index contributed by atoms with van der Waals surface area (Å²) in [6.07, 6.45) is 3.29. The lowest BCUT2D eigenvalue weighted by molar-refractivity contribution is 0.0398. The maximum atomic E-state index is 12.4. The van der Waals surface area contributed by atoms with Gasteiger partial charge in [-0.15, -0.1) is 0 Å². The van der Waals surface area contributed by atoms with Gasteiger partial charge in [0, 0.05) is 50.1 Å². The molecule has 1 aliphatic heterocycles. The Labute approximate surface area is 158 Å². The van der Waals surface area contributed by atoms with Crippen molar-refractivity contribution in [2.75, 3.05) is 44.7 Å². The zero-order valence-corrected chi connectivity index (χ0v) is 15.3. The van der Waals surface area contributed by atoms with E-state index in [1.807, 2.05) is 30.3 Å². The van der Waals surface area contributed by atoms with Crippen molar-refractivity contribution in [1.82, 2.24) is 15.2 Å². The van der Waals surface area contributed by atoms with E-state index in [9.17, 15) is 4.79 Å². The van der Waals surface area contributed by atoms with E-state index < -0.39 is 0 Å². The predicted molar refractivity (Wildman–Crippen MR) is 103 cm³/mol. The number of hydrogen-bond donors (Lipinski definition) is 2. The zero-order chi connectivity index (χ0) is 18.2. The van der Waals surface area contributed by atoms with Crippen LogP contribution in [0.25, 0.3) is 0 Å². The first kappa shape index (κ1) is 18.6. The van der Waals surface area contributed by atoms with Crippen LogP contribution in [-0.2, 0) is 11.3 Å². The summed E-state index contributed by atoms with van der Waals surface area (Å²) in [6, 6.07) is 9.28. The topological polar surface area (TPSA) is 66.5 Å². The molecule has 7 heteroatoms. The van der Waals surface area contributed by atoms with Crippen LogP contribution >= 0.6 is 11.6 Å². The van der Waals surface area contributed by atoms with E-state index in [-0.39, 0.29) is 5.91 Å². The number of ether oxygens (including phenoxy) is 1. The maximum absolute atomic E-state index is 12.4.